The van der Waals surface area contributed by atoms with Crippen LogP contribution in [0.2, 0.25) is 0 Å². The van der Waals surface area contributed by atoms with Gasteiger partial charge in [0.2, 0.25) is 5.91 Å². The SMILES string of the molecule is CCCCCC(=O)Nc1cc(OC)c(OC)cc1C(=O)OCC(=O)NC(CC)CC. The smallest absolute Gasteiger partial charge is 0.340 e. The lowest BCUT2D eigenvalue weighted by atomic mass is 10.1. The Morgan fingerprint density at radius 1 is 0.933 bits per heavy atom. The van der Waals surface area contributed by atoms with Crippen LogP contribution in [0.5, 0.6) is 11.5 Å². The maximum absolute atomic E-state index is 12.7. The quantitative estimate of drug-likeness (QED) is 0.371. The van der Waals surface area contributed by atoms with Gasteiger partial charge in [-0.2, -0.15) is 0 Å². The van der Waals surface area contributed by atoms with Gasteiger partial charge in [-0.3, -0.25) is 9.59 Å². The minimum atomic E-state index is -0.737. The highest BCUT2D eigenvalue weighted by Crippen LogP contribution is 2.34. The lowest BCUT2D eigenvalue weighted by Gasteiger charge is -2.16. The molecule has 0 heterocycles. The molecule has 0 atom stereocenters. The highest BCUT2D eigenvalue weighted by atomic mass is 16.5. The second kappa shape index (κ2) is 13.5. The first-order valence-corrected chi connectivity index (χ1v) is 10.4. The molecule has 0 fully saturated rings. The zero-order valence-corrected chi connectivity index (χ0v) is 18.6. The molecule has 8 nitrogen and oxygen atoms in total. The van der Waals surface area contributed by atoms with Gasteiger partial charge >= 0.3 is 5.97 Å². The van der Waals surface area contributed by atoms with Crippen molar-refractivity contribution in [3.8, 4) is 11.5 Å². The number of hydrogen-bond donors (Lipinski definition) is 2. The van der Waals surface area contributed by atoms with E-state index in [-0.39, 0.29) is 29.1 Å². The molecule has 0 aliphatic rings. The van der Waals surface area contributed by atoms with Crippen LogP contribution in [-0.4, -0.2) is 44.7 Å². The van der Waals surface area contributed by atoms with Gasteiger partial charge < -0.3 is 24.8 Å². The van der Waals surface area contributed by atoms with E-state index in [1.807, 2.05) is 13.8 Å². The third-order valence-electron chi connectivity index (χ3n) is 4.71. The fourth-order valence-corrected chi connectivity index (χ4v) is 2.87. The van der Waals surface area contributed by atoms with E-state index < -0.39 is 12.6 Å². The average Bonchev–Trinajstić information content (AvgIpc) is 2.75. The van der Waals surface area contributed by atoms with Crippen LogP contribution in [0.25, 0.3) is 0 Å². The molecule has 0 aliphatic heterocycles. The predicted molar refractivity (Wildman–Crippen MR) is 115 cm³/mol. The molecule has 2 N–H and O–H groups in total. The minimum Gasteiger partial charge on any atom is -0.493 e. The molecule has 168 valence electrons. The van der Waals surface area contributed by atoms with E-state index in [9.17, 15) is 14.4 Å². The second-order valence-electron chi connectivity index (χ2n) is 6.92. The van der Waals surface area contributed by atoms with Crippen molar-refractivity contribution in [1.82, 2.24) is 5.32 Å². The van der Waals surface area contributed by atoms with Gasteiger partial charge in [-0.05, 0) is 19.3 Å². The largest absolute Gasteiger partial charge is 0.493 e. The number of ether oxygens (including phenoxy) is 3. The van der Waals surface area contributed by atoms with Crippen LogP contribution in [0.3, 0.4) is 0 Å². The first kappa shape index (κ1) is 25.3. The monoisotopic (exact) mass is 422 g/mol. The number of hydrogen-bond acceptors (Lipinski definition) is 6. The van der Waals surface area contributed by atoms with Crippen LogP contribution >= 0.6 is 0 Å². The molecule has 0 aromatic heterocycles. The summed E-state index contributed by atoms with van der Waals surface area (Å²) in [5.41, 5.74) is 0.339. The van der Waals surface area contributed by atoms with Crippen LogP contribution in [0, 0.1) is 0 Å². The fraction of sp³-hybridized carbons (Fsp3) is 0.591. The number of benzene rings is 1. The van der Waals surface area contributed by atoms with Crippen molar-refractivity contribution in [3.63, 3.8) is 0 Å². The highest BCUT2D eigenvalue weighted by molar-refractivity contribution is 6.02. The number of carbonyl (C=O) groups excluding carboxylic acids is 3. The number of anilines is 1. The molecular weight excluding hydrogens is 388 g/mol. The molecule has 0 spiro atoms. The molecular formula is C22H34N2O6. The van der Waals surface area contributed by atoms with Gasteiger partial charge in [0.15, 0.2) is 18.1 Å². The van der Waals surface area contributed by atoms with E-state index in [1.165, 1.54) is 26.4 Å². The Morgan fingerprint density at radius 3 is 2.13 bits per heavy atom. The average molecular weight is 423 g/mol. The van der Waals surface area contributed by atoms with Crippen molar-refractivity contribution in [2.75, 3.05) is 26.1 Å². The van der Waals surface area contributed by atoms with Gasteiger partial charge in [0.25, 0.3) is 5.91 Å². The summed E-state index contributed by atoms with van der Waals surface area (Å²) in [6.07, 6.45) is 4.63. The van der Waals surface area contributed by atoms with E-state index in [2.05, 4.69) is 17.6 Å². The number of esters is 1. The van der Waals surface area contributed by atoms with Crippen LogP contribution in [0.1, 0.15) is 69.7 Å². The molecule has 0 bridgehead atoms. The summed E-state index contributed by atoms with van der Waals surface area (Å²) < 4.78 is 15.7. The third-order valence-corrected chi connectivity index (χ3v) is 4.71. The van der Waals surface area contributed by atoms with Gasteiger partial charge in [-0.1, -0.05) is 33.6 Å². The summed E-state index contributed by atoms with van der Waals surface area (Å²) in [6.45, 7) is 5.59. The van der Waals surface area contributed by atoms with Crippen LogP contribution in [0.15, 0.2) is 12.1 Å². The van der Waals surface area contributed by atoms with Gasteiger partial charge in [0, 0.05) is 24.6 Å². The van der Waals surface area contributed by atoms with Gasteiger partial charge in [-0.25, -0.2) is 4.79 Å². The standard InChI is InChI=1S/C22H34N2O6/c1-6-9-10-11-20(25)24-17-13-19(29-5)18(28-4)12-16(17)22(27)30-14-21(26)23-15(7-2)8-3/h12-13,15H,6-11,14H2,1-5H3,(H,23,26)(H,24,25). The molecule has 0 radical (unpaired) electrons. The predicted octanol–water partition coefficient (Wildman–Crippen LogP) is 3.68. The Morgan fingerprint density at radius 2 is 1.57 bits per heavy atom. The first-order chi connectivity index (χ1) is 14.4. The zero-order chi connectivity index (χ0) is 22.5. The topological polar surface area (TPSA) is 103 Å². The summed E-state index contributed by atoms with van der Waals surface area (Å²) in [6, 6.07) is 2.98. The van der Waals surface area contributed by atoms with Crippen molar-refractivity contribution in [1.29, 1.82) is 0 Å². The van der Waals surface area contributed by atoms with Crippen LogP contribution < -0.4 is 20.1 Å². The van der Waals surface area contributed by atoms with Crippen LogP contribution in [-0.2, 0) is 14.3 Å². The number of amides is 2. The number of rotatable bonds is 13. The van der Waals surface area contributed by atoms with Crippen molar-refractivity contribution in [2.45, 2.75) is 65.3 Å². The zero-order valence-electron chi connectivity index (χ0n) is 18.6. The Hall–Kier alpha value is -2.77. The first-order valence-electron chi connectivity index (χ1n) is 10.4. The second-order valence-corrected chi connectivity index (χ2v) is 6.92. The summed E-state index contributed by atoms with van der Waals surface area (Å²) in [4.78, 5) is 37.0. The van der Waals surface area contributed by atoms with Gasteiger partial charge in [-0.15, -0.1) is 0 Å². The molecule has 1 aromatic rings. The maximum atomic E-state index is 12.7. The lowest BCUT2D eigenvalue weighted by Crippen LogP contribution is -2.36. The summed E-state index contributed by atoms with van der Waals surface area (Å²) >= 11 is 0. The molecule has 2 amide bonds. The Bertz CT molecular complexity index is 716. The molecule has 1 rings (SSSR count). The van der Waals surface area contributed by atoms with E-state index in [1.54, 1.807) is 0 Å². The molecule has 30 heavy (non-hydrogen) atoms. The normalized spacial score (nSPS) is 10.5. The summed E-state index contributed by atoms with van der Waals surface area (Å²) in [5, 5.41) is 5.55. The van der Waals surface area contributed by atoms with Crippen molar-refractivity contribution < 1.29 is 28.6 Å². The van der Waals surface area contributed by atoms with Gasteiger partial charge in [0.1, 0.15) is 0 Å². The number of carbonyl (C=O) groups is 3. The fourth-order valence-electron chi connectivity index (χ4n) is 2.87. The number of nitrogens with one attached hydrogen (secondary N) is 2. The Labute approximate surface area is 178 Å². The van der Waals surface area contributed by atoms with E-state index in [4.69, 9.17) is 14.2 Å². The summed E-state index contributed by atoms with van der Waals surface area (Å²) in [7, 11) is 2.91. The minimum absolute atomic E-state index is 0.0373. The molecule has 0 saturated heterocycles. The van der Waals surface area contributed by atoms with Crippen molar-refractivity contribution in [2.24, 2.45) is 0 Å². The lowest BCUT2D eigenvalue weighted by molar-refractivity contribution is -0.125. The third kappa shape index (κ3) is 7.93. The number of methoxy groups -OCH3 is 2. The Balaban J connectivity index is 2.96. The van der Waals surface area contributed by atoms with Gasteiger partial charge in [0.05, 0.1) is 25.5 Å². The Kier molecular flexibility index (Phi) is 11.3. The van der Waals surface area contributed by atoms with E-state index in [0.717, 1.165) is 32.1 Å². The number of unbranched alkanes of at least 4 members (excludes halogenated alkanes) is 2. The maximum Gasteiger partial charge on any atom is 0.340 e. The molecule has 0 unspecified atom stereocenters. The molecule has 8 heteroatoms. The van der Waals surface area contributed by atoms with Crippen molar-refractivity contribution >= 4 is 23.5 Å². The van der Waals surface area contributed by atoms with Crippen LogP contribution in [0.4, 0.5) is 5.69 Å². The molecule has 0 aliphatic carbocycles. The highest BCUT2D eigenvalue weighted by Gasteiger charge is 2.21. The van der Waals surface area contributed by atoms with Crippen molar-refractivity contribution in [3.05, 3.63) is 17.7 Å². The molecule has 1 aromatic carbocycles. The summed E-state index contributed by atoms with van der Waals surface area (Å²) in [5.74, 6) is -0.641. The molecule has 0 saturated carbocycles. The van der Waals surface area contributed by atoms with E-state index >= 15 is 0 Å². The van der Waals surface area contributed by atoms with E-state index in [0.29, 0.717) is 17.9 Å².